The molecule has 0 aromatic heterocycles. The molecule has 0 atom stereocenters. The molecule has 147 valence electrons. The van der Waals surface area contributed by atoms with Crippen LogP contribution in [0.5, 0.6) is 0 Å². The second-order valence-electron chi connectivity index (χ2n) is 9.26. The van der Waals surface area contributed by atoms with E-state index in [4.69, 9.17) is 0 Å². The Bertz CT molecular complexity index is 391. The van der Waals surface area contributed by atoms with Crippen LogP contribution >= 0.6 is 0 Å². The first-order chi connectivity index (χ1) is 12.2. The van der Waals surface area contributed by atoms with Crippen LogP contribution in [0, 0.1) is 24.7 Å². The van der Waals surface area contributed by atoms with Crippen LogP contribution in [0.4, 0.5) is 4.79 Å². The Morgan fingerprint density at radius 3 is 1.77 bits per heavy atom. The Morgan fingerprint density at radius 1 is 0.808 bits per heavy atom. The molecule has 4 bridgehead atoms. The fourth-order valence-corrected chi connectivity index (χ4v) is 6.11. The summed E-state index contributed by atoms with van der Waals surface area (Å²) >= 11 is 0. The molecule has 0 saturated heterocycles. The summed E-state index contributed by atoms with van der Waals surface area (Å²) in [5.74, 6) is 2.67. The summed E-state index contributed by atoms with van der Waals surface area (Å²) in [4.78, 5) is 12.3. The second-order valence-corrected chi connectivity index (χ2v) is 9.26. The van der Waals surface area contributed by atoms with Crippen molar-refractivity contribution in [1.29, 1.82) is 0 Å². The van der Waals surface area contributed by atoms with E-state index in [1.54, 1.807) is 0 Å². The summed E-state index contributed by atoms with van der Waals surface area (Å²) in [6.45, 7) is 4.72. The van der Waals surface area contributed by atoms with Crippen LogP contribution < -0.4 is 10.6 Å². The van der Waals surface area contributed by atoms with Crippen molar-refractivity contribution in [2.45, 2.75) is 102 Å². The van der Waals surface area contributed by atoms with Gasteiger partial charge in [0.1, 0.15) is 0 Å². The van der Waals surface area contributed by atoms with Crippen molar-refractivity contribution in [2.75, 3.05) is 6.54 Å². The van der Waals surface area contributed by atoms with E-state index in [1.165, 1.54) is 83.5 Å². The molecule has 4 aliphatic carbocycles. The number of hydrogen-bond donors (Lipinski definition) is 2. The minimum Gasteiger partial charge on any atom is -0.343 e. The van der Waals surface area contributed by atoms with Crippen molar-refractivity contribution >= 4 is 6.03 Å². The van der Waals surface area contributed by atoms with Gasteiger partial charge in [-0.1, -0.05) is 44.9 Å². The van der Waals surface area contributed by atoms with E-state index >= 15 is 0 Å². The largest absolute Gasteiger partial charge is 0.343 e. The molecule has 4 aliphatic rings. The van der Waals surface area contributed by atoms with Gasteiger partial charge in [0.05, 0.1) is 0 Å². The van der Waals surface area contributed by atoms with Gasteiger partial charge in [-0.2, -0.15) is 6.42 Å². The minimum absolute atomic E-state index is 0. The average molecular weight is 436 g/mol. The number of rotatable bonds is 11. The molecular formula is C22H39N2OY-. The van der Waals surface area contributed by atoms with E-state index in [9.17, 15) is 4.79 Å². The predicted octanol–water partition coefficient (Wildman–Crippen LogP) is 5.60. The number of carbonyl (C=O) groups excluding carboxylic acids is 1. The van der Waals surface area contributed by atoms with Crippen molar-refractivity contribution in [3.63, 3.8) is 0 Å². The zero-order chi connectivity index (χ0) is 17.5. The minimum atomic E-state index is 0. The molecule has 26 heavy (non-hydrogen) atoms. The van der Waals surface area contributed by atoms with Gasteiger partial charge in [-0.05, 0) is 62.7 Å². The van der Waals surface area contributed by atoms with Crippen molar-refractivity contribution in [3.05, 3.63) is 6.92 Å². The van der Waals surface area contributed by atoms with Crippen molar-refractivity contribution < 1.29 is 37.5 Å². The Kier molecular flexibility index (Phi) is 9.93. The summed E-state index contributed by atoms with van der Waals surface area (Å²) in [6.07, 6.45) is 19.4. The molecule has 2 amide bonds. The van der Waals surface area contributed by atoms with Gasteiger partial charge in [-0.25, -0.2) is 4.79 Å². The molecule has 0 unspecified atom stereocenters. The smallest absolute Gasteiger partial charge is 0.315 e. The Morgan fingerprint density at radius 2 is 1.27 bits per heavy atom. The van der Waals surface area contributed by atoms with E-state index in [1.807, 2.05) is 0 Å². The molecule has 0 aromatic rings. The van der Waals surface area contributed by atoms with Crippen molar-refractivity contribution in [3.8, 4) is 0 Å². The van der Waals surface area contributed by atoms with Crippen LogP contribution in [-0.4, -0.2) is 18.1 Å². The standard InChI is InChI=1S/C22H39N2O.Y/c1-2-3-4-5-6-7-8-9-10-11-23-21(25)24-22-15-18-12-19(16-22)14-20(13-18)17-22;/h18-20H,1-17H2,(H2,23,24,25);/q-1;. The summed E-state index contributed by atoms with van der Waals surface area (Å²) < 4.78 is 0. The van der Waals surface area contributed by atoms with E-state index in [-0.39, 0.29) is 44.3 Å². The fourth-order valence-electron chi connectivity index (χ4n) is 6.11. The third kappa shape index (κ3) is 6.76. The Labute approximate surface area is 186 Å². The molecule has 4 heteroatoms. The molecule has 4 fully saturated rings. The van der Waals surface area contributed by atoms with Crippen molar-refractivity contribution in [1.82, 2.24) is 10.6 Å². The molecule has 1 radical (unpaired) electrons. The van der Waals surface area contributed by atoms with Gasteiger partial charge in [0.15, 0.2) is 0 Å². The van der Waals surface area contributed by atoms with E-state index in [0.717, 1.165) is 37.1 Å². The number of nitrogens with one attached hydrogen (secondary N) is 2. The quantitative estimate of drug-likeness (QED) is 0.321. The Hall–Kier alpha value is 0.374. The topological polar surface area (TPSA) is 41.1 Å². The molecule has 0 heterocycles. The first kappa shape index (κ1) is 22.7. The molecule has 4 saturated carbocycles. The molecular weight excluding hydrogens is 397 g/mol. The molecule has 4 rings (SSSR count). The van der Waals surface area contributed by atoms with E-state index < -0.39 is 0 Å². The van der Waals surface area contributed by atoms with Gasteiger partial charge in [-0.3, -0.25) is 0 Å². The van der Waals surface area contributed by atoms with Gasteiger partial charge in [0.2, 0.25) is 0 Å². The zero-order valence-corrected chi connectivity index (χ0v) is 19.6. The van der Waals surface area contributed by atoms with Crippen LogP contribution in [0.2, 0.25) is 0 Å². The maximum absolute atomic E-state index is 12.3. The van der Waals surface area contributed by atoms with Crippen LogP contribution in [0.3, 0.4) is 0 Å². The first-order valence-electron chi connectivity index (χ1n) is 11.0. The Balaban J connectivity index is 0.00000243. The van der Waals surface area contributed by atoms with Crippen LogP contribution in [0.25, 0.3) is 0 Å². The maximum Gasteiger partial charge on any atom is 0.315 e. The van der Waals surface area contributed by atoms with Gasteiger partial charge in [-0.15, -0.1) is 0 Å². The van der Waals surface area contributed by atoms with Crippen LogP contribution in [0.15, 0.2) is 0 Å². The SMILES string of the molecule is [CH2-]CCCCCCCCCCNC(=O)NC12CC3CC(CC(C3)C1)C2.[Y]. The number of carbonyl (C=O) groups is 1. The second kappa shape index (κ2) is 11.4. The van der Waals surface area contributed by atoms with Crippen molar-refractivity contribution in [2.24, 2.45) is 17.8 Å². The molecule has 3 nitrogen and oxygen atoms in total. The summed E-state index contributed by atoms with van der Waals surface area (Å²) in [5, 5.41) is 6.52. The number of amides is 2. The summed E-state index contributed by atoms with van der Waals surface area (Å²) in [5.41, 5.74) is 0.146. The van der Waals surface area contributed by atoms with Gasteiger partial charge >= 0.3 is 6.03 Å². The first-order valence-corrected chi connectivity index (χ1v) is 11.0. The summed E-state index contributed by atoms with van der Waals surface area (Å²) in [7, 11) is 0. The third-order valence-electron chi connectivity index (χ3n) is 6.88. The molecule has 2 N–H and O–H groups in total. The van der Waals surface area contributed by atoms with E-state index in [2.05, 4.69) is 17.6 Å². The predicted molar refractivity (Wildman–Crippen MR) is 104 cm³/mol. The van der Waals surface area contributed by atoms with Gasteiger partial charge in [0, 0.05) is 44.8 Å². The molecule has 0 aromatic carbocycles. The normalized spacial score (nSPS) is 31.5. The average Bonchev–Trinajstić information content (AvgIpc) is 2.55. The van der Waals surface area contributed by atoms with Crippen LogP contribution in [0.1, 0.15) is 96.3 Å². The van der Waals surface area contributed by atoms with Gasteiger partial charge in [0.25, 0.3) is 0 Å². The number of unbranched alkanes of at least 4 members (excludes halogenated alkanes) is 8. The number of urea groups is 1. The number of hydrogen-bond acceptors (Lipinski definition) is 1. The monoisotopic (exact) mass is 436 g/mol. The molecule has 0 aliphatic heterocycles. The molecule has 0 spiro atoms. The maximum atomic E-state index is 12.3. The van der Waals surface area contributed by atoms with Gasteiger partial charge < -0.3 is 17.6 Å². The zero-order valence-electron chi connectivity index (χ0n) is 16.7. The van der Waals surface area contributed by atoms with Crippen LogP contribution in [-0.2, 0) is 32.7 Å². The third-order valence-corrected chi connectivity index (χ3v) is 6.88. The summed E-state index contributed by atoms with van der Waals surface area (Å²) in [6, 6.07) is 0.0927. The fraction of sp³-hybridized carbons (Fsp3) is 0.909. The van der Waals surface area contributed by atoms with E-state index in [0.29, 0.717) is 0 Å².